The number of amides is 1. The molecule has 7 nitrogen and oxygen atoms in total. The average Bonchev–Trinajstić information content (AvgIpc) is 3.59. The van der Waals surface area contributed by atoms with Crippen LogP contribution in [0.5, 0.6) is 11.5 Å². The summed E-state index contributed by atoms with van der Waals surface area (Å²) in [5.41, 5.74) is 1.10. The SMILES string of the molecule is COc1ccc(OC(C)C(=O)N2CCN(c3ccc(C4CC4)nn3)CC2)cc1. The zero-order chi connectivity index (χ0) is 19.5. The van der Waals surface area contributed by atoms with Gasteiger partial charge < -0.3 is 19.3 Å². The molecule has 1 saturated carbocycles. The van der Waals surface area contributed by atoms with Crippen molar-refractivity contribution < 1.29 is 14.3 Å². The molecule has 1 aromatic carbocycles. The number of hydrogen-bond donors (Lipinski definition) is 0. The molecule has 1 atom stereocenters. The summed E-state index contributed by atoms with van der Waals surface area (Å²) in [6, 6.07) is 11.4. The lowest BCUT2D eigenvalue weighted by molar-refractivity contribution is -0.138. The molecule has 2 fully saturated rings. The third-order valence-corrected chi connectivity index (χ3v) is 5.30. The Hall–Kier alpha value is -2.83. The van der Waals surface area contributed by atoms with Crippen LogP contribution in [0.2, 0.25) is 0 Å². The van der Waals surface area contributed by atoms with E-state index >= 15 is 0 Å². The van der Waals surface area contributed by atoms with Gasteiger partial charge in [0.1, 0.15) is 11.5 Å². The fourth-order valence-electron chi connectivity index (χ4n) is 3.42. The first kappa shape index (κ1) is 18.5. The van der Waals surface area contributed by atoms with Crippen LogP contribution in [0.4, 0.5) is 5.82 Å². The number of hydrogen-bond acceptors (Lipinski definition) is 6. The van der Waals surface area contributed by atoms with Gasteiger partial charge in [-0.15, -0.1) is 5.10 Å². The molecule has 0 spiro atoms. The molecule has 1 saturated heterocycles. The van der Waals surface area contributed by atoms with E-state index in [0.717, 1.165) is 30.4 Å². The average molecular weight is 382 g/mol. The van der Waals surface area contributed by atoms with Crippen molar-refractivity contribution in [1.82, 2.24) is 15.1 Å². The summed E-state index contributed by atoms with van der Waals surface area (Å²) in [7, 11) is 1.62. The smallest absolute Gasteiger partial charge is 0.263 e. The fraction of sp³-hybridized carbons (Fsp3) is 0.476. The molecule has 0 radical (unpaired) electrons. The first-order valence-electron chi connectivity index (χ1n) is 9.82. The van der Waals surface area contributed by atoms with Crippen molar-refractivity contribution in [2.75, 3.05) is 38.2 Å². The van der Waals surface area contributed by atoms with Crippen molar-refractivity contribution >= 4 is 11.7 Å². The van der Waals surface area contributed by atoms with E-state index in [2.05, 4.69) is 21.2 Å². The molecule has 1 aliphatic heterocycles. The number of anilines is 1. The number of carbonyl (C=O) groups excluding carboxylic acids is 1. The van der Waals surface area contributed by atoms with E-state index in [1.54, 1.807) is 14.0 Å². The Bertz CT molecular complexity index is 797. The van der Waals surface area contributed by atoms with E-state index in [4.69, 9.17) is 9.47 Å². The molecule has 148 valence electrons. The Morgan fingerprint density at radius 3 is 2.25 bits per heavy atom. The van der Waals surface area contributed by atoms with Crippen LogP contribution < -0.4 is 14.4 Å². The molecule has 0 bridgehead atoms. The van der Waals surface area contributed by atoms with Crippen LogP contribution in [0.1, 0.15) is 31.4 Å². The van der Waals surface area contributed by atoms with Crippen LogP contribution in [0.15, 0.2) is 36.4 Å². The fourth-order valence-corrected chi connectivity index (χ4v) is 3.42. The largest absolute Gasteiger partial charge is 0.497 e. The Labute approximate surface area is 165 Å². The molecule has 1 aliphatic carbocycles. The van der Waals surface area contributed by atoms with Crippen molar-refractivity contribution in [2.45, 2.75) is 31.8 Å². The van der Waals surface area contributed by atoms with Crippen molar-refractivity contribution in [3.05, 3.63) is 42.1 Å². The normalized spacial score (nSPS) is 17.9. The van der Waals surface area contributed by atoms with Gasteiger partial charge in [-0.25, -0.2) is 0 Å². The van der Waals surface area contributed by atoms with Crippen LogP contribution in [0.25, 0.3) is 0 Å². The van der Waals surface area contributed by atoms with Gasteiger partial charge in [0.2, 0.25) is 0 Å². The van der Waals surface area contributed by atoms with E-state index in [1.165, 1.54) is 12.8 Å². The highest BCUT2D eigenvalue weighted by atomic mass is 16.5. The maximum Gasteiger partial charge on any atom is 0.263 e. The highest BCUT2D eigenvalue weighted by Gasteiger charge is 2.28. The minimum absolute atomic E-state index is 0.00522. The summed E-state index contributed by atoms with van der Waals surface area (Å²) in [5.74, 6) is 2.93. The Kier molecular flexibility index (Phi) is 5.32. The molecule has 0 N–H and O–H groups in total. The van der Waals surface area contributed by atoms with Crippen LogP contribution >= 0.6 is 0 Å². The Balaban J connectivity index is 1.28. The van der Waals surface area contributed by atoms with Crippen LogP contribution in [-0.4, -0.2) is 60.4 Å². The van der Waals surface area contributed by atoms with E-state index < -0.39 is 6.10 Å². The van der Waals surface area contributed by atoms with Crippen LogP contribution in [0.3, 0.4) is 0 Å². The number of methoxy groups -OCH3 is 1. The van der Waals surface area contributed by atoms with Gasteiger partial charge in [0.25, 0.3) is 5.91 Å². The number of benzene rings is 1. The Morgan fingerprint density at radius 2 is 1.68 bits per heavy atom. The lowest BCUT2D eigenvalue weighted by atomic mass is 10.2. The number of aromatic nitrogens is 2. The maximum absolute atomic E-state index is 12.7. The van der Waals surface area contributed by atoms with Crippen molar-refractivity contribution in [3.8, 4) is 11.5 Å². The van der Waals surface area contributed by atoms with Gasteiger partial charge in [0.15, 0.2) is 11.9 Å². The zero-order valence-electron chi connectivity index (χ0n) is 16.4. The molecule has 28 heavy (non-hydrogen) atoms. The molecule has 1 unspecified atom stereocenters. The van der Waals surface area contributed by atoms with E-state index in [-0.39, 0.29) is 5.91 Å². The van der Waals surface area contributed by atoms with E-state index in [9.17, 15) is 4.79 Å². The minimum atomic E-state index is -0.530. The molecule has 4 rings (SSSR count). The molecule has 2 heterocycles. The van der Waals surface area contributed by atoms with Gasteiger partial charge >= 0.3 is 0 Å². The lowest BCUT2D eigenvalue weighted by Crippen LogP contribution is -2.52. The third kappa shape index (κ3) is 4.18. The van der Waals surface area contributed by atoms with E-state index in [0.29, 0.717) is 24.8 Å². The van der Waals surface area contributed by atoms with Crippen LogP contribution in [0, 0.1) is 0 Å². The van der Waals surface area contributed by atoms with Gasteiger partial charge in [0.05, 0.1) is 12.8 Å². The topological polar surface area (TPSA) is 67.8 Å². The molecule has 1 amide bonds. The summed E-state index contributed by atoms with van der Waals surface area (Å²) < 4.78 is 10.9. The summed E-state index contributed by atoms with van der Waals surface area (Å²) in [6.07, 6.45) is 1.93. The molecule has 2 aliphatic rings. The molecule has 7 heteroatoms. The summed E-state index contributed by atoms with van der Waals surface area (Å²) in [6.45, 7) is 4.60. The van der Waals surface area contributed by atoms with Crippen molar-refractivity contribution in [3.63, 3.8) is 0 Å². The number of rotatable bonds is 6. The first-order valence-corrected chi connectivity index (χ1v) is 9.82. The third-order valence-electron chi connectivity index (χ3n) is 5.30. The second-order valence-electron chi connectivity index (χ2n) is 7.34. The minimum Gasteiger partial charge on any atom is -0.497 e. The number of nitrogens with zero attached hydrogens (tertiary/aromatic N) is 4. The molecular weight excluding hydrogens is 356 g/mol. The van der Waals surface area contributed by atoms with Crippen molar-refractivity contribution in [2.24, 2.45) is 0 Å². The predicted octanol–water partition coefficient (Wildman–Crippen LogP) is 2.48. The highest BCUT2D eigenvalue weighted by Crippen LogP contribution is 2.38. The van der Waals surface area contributed by atoms with Gasteiger partial charge in [0, 0.05) is 32.1 Å². The quantitative estimate of drug-likeness (QED) is 0.765. The number of carbonyl (C=O) groups is 1. The predicted molar refractivity (Wildman–Crippen MR) is 106 cm³/mol. The molecule has 1 aromatic heterocycles. The summed E-state index contributed by atoms with van der Waals surface area (Å²) >= 11 is 0. The summed E-state index contributed by atoms with van der Waals surface area (Å²) in [4.78, 5) is 16.8. The molecule has 2 aromatic rings. The van der Waals surface area contributed by atoms with E-state index in [1.807, 2.05) is 35.2 Å². The number of ether oxygens (including phenoxy) is 2. The monoisotopic (exact) mass is 382 g/mol. The maximum atomic E-state index is 12.7. The molecular formula is C21H26N4O3. The Morgan fingerprint density at radius 1 is 1.00 bits per heavy atom. The van der Waals surface area contributed by atoms with Gasteiger partial charge in [-0.2, -0.15) is 5.10 Å². The van der Waals surface area contributed by atoms with Gasteiger partial charge in [-0.1, -0.05) is 0 Å². The van der Waals surface area contributed by atoms with Crippen LogP contribution in [-0.2, 0) is 4.79 Å². The highest BCUT2D eigenvalue weighted by molar-refractivity contribution is 5.81. The first-order chi connectivity index (χ1) is 13.6. The second kappa shape index (κ2) is 8.04. The lowest BCUT2D eigenvalue weighted by Gasteiger charge is -2.36. The van der Waals surface area contributed by atoms with Gasteiger partial charge in [-0.3, -0.25) is 4.79 Å². The van der Waals surface area contributed by atoms with Gasteiger partial charge in [-0.05, 0) is 56.2 Å². The number of piperazine rings is 1. The summed E-state index contributed by atoms with van der Waals surface area (Å²) in [5, 5.41) is 8.73. The standard InChI is InChI=1S/C21H26N4O3/c1-15(28-18-7-5-17(27-2)6-8-18)21(26)25-13-11-24(12-14-25)20-10-9-19(22-23-20)16-3-4-16/h5-10,15-16H,3-4,11-14H2,1-2H3. The second-order valence-corrected chi connectivity index (χ2v) is 7.34. The zero-order valence-corrected chi connectivity index (χ0v) is 16.4. The van der Waals surface area contributed by atoms with Crippen molar-refractivity contribution in [1.29, 1.82) is 0 Å².